The van der Waals surface area contributed by atoms with Crippen LogP contribution in [0.15, 0.2) is 71.7 Å². The molecule has 0 spiro atoms. The van der Waals surface area contributed by atoms with Crippen molar-refractivity contribution >= 4 is 17.2 Å². The zero-order valence-electron chi connectivity index (χ0n) is 16.2. The fourth-order valence-electron chi connectivity index (χ4n) is 3.23. The third kappa shape index (κ3) is 3.48. The first kappa shape index (κ1) is 19.2. The third-order valence-electron chi connectivity index (χ3n) is 4.76. The molecule has 4 rings (SSSR count). The minimum Gasteiger partial charge on any atom is -0.493 e. The van der Waals surface area contributed by atoms with Crippen LogP contribution in [0.4, 0.5) is 11.5 Å². The van der Waals surface area contributed by atoms with E-state index in [4.69, 9.17) is 10.00 Å². The lowest BCUT2D eigenvalue weighted by Crippen LogP contribution is -2.22. The number of hydrogen-bond donors (Lipinski definition) is 2. The molecule has 2 aromatic carbocycles. The van der Waals surface area contributed by atoms with E-state index in [0.717, 1.165) is 11.1 Å². The zero-order chi connectivity index (χ0) is 21.1. The smallest absolute Gasteiger partial charge is 0.265 e. The highest BCUT2D eigenvalue weighted by atomic mass is 16.5. The standard InChI is InChI=1S/C23H18N4O3/c1-30-20-6-3-11-27-22(20)26-21(19(14-28)23(27)29)25-18-5-2-4-17(12-18)16-9-7-15(13-24)8-10-16/h2-12,25,28H,14H2,1H3. The maximum absolute atomic E-state index is 12.8. The summed E-state index contributed by atoms with van der Waals surface area (Å²) in [5, 5.41) is 21.9. The van der Waals surface area contributed by atoms with Gasteiger partial charge in [-0.15, -0.1) is 0 Å². The van der Waals surface area contributed by atoms with Gasteiger partial charge in [-0.1, -0.05) is 24.3 Å². The van der Waals surface area contributed by atoms with Crippen LogP contribution < -0.4 is 15.6 Å². The van der Waals surface area contributed by atoms with Crippen LogP contribution in [0.25, 0.3) is 16.8 Å². The Morgan fingerprint density at radius 3 is 2.63 bits per heavy atom. The average molecular weight is 398 g/mol. The van der Waals surface area contributed by atoms with Crippen LogP contribution in [0.3, 0.4) is 0 Å². The van der Waals surface area contributed by atoms with Crippen LogP contribution in [0.5, 0.6) is 5.75 Å². The summed E-state index contributed by atoms with van der Waals surface area (Å²) in [6.45, 7) is -0.455. The minimum atomic E-state index is -0.455. The normalized spacial score (nSPS) is 10.6. The molecule has 148 valence electrons. The van der Waals surface area contributed by atoms with E-state index in [1.165, 1.54) is 11.5 Å². The second kappa shape index (κ2) is 8.07. The summed E-state index contributed by atoms with van der Waals surface area (Å²) in [6, 6.07) is 20.4. The highest BCUT2D eigenvalue weighted by Crippen LogP contribution is 2.26. The predicted octanol–water partition coefficient (Wildman–Crippen LogP) is 3.48. The lowest BCUT2D eigenvalue weighted by Gasteiger charge is -2.13. The summed E-state index contributed by atoms with van der Waals surface area (Å²) in [5.41, 5.74) is 3.33. The number of rotatable bonds is 5. The first-order valence-electron chi connectivity index (χ1n) is 9.21. The SMILES string of the molecule is COc1cccn2c(=O)c(CO)c(Nc3cccc(-c4ccc(C#N)cc4)c3)nc12. The molecule has 0 saturated heterocycles. The fourth-order valence-corrected chi connectivity index (χ4v) is 3.23. The molecule has 7 nitrogen and oxygen atoms in total. The van der Waals surface area contributed by atoms with E-state index in [1.54, 1.807) is 30.5 Å². The number of benzene rings is 2. The molecule has 0 atom stereocenters. The summed E-state index contributed by atoms with van der Waals surface area (Å²) in [7, 11) is 1.51. The predicted molar refractivity (Wildman–Crippen MR) is 114 cm³/mol. The molecule has 0 fully saturated rings. The van der Waals surface area contributed by atoms with Crippen LogP contribution >= 0.6 is 0 Å². The third-order valence-corrected chi connectivity index (χ3v) is 4.76. The van der Waals surface area contributed by atoms with Gasteiger partial charge in [-0.3, -0.25) is 9.20 Å². The second-order valence-corrected chi connectivity index (χ2v) is 6.57. The molecule has 0 unspecified atom stereocenters. The largest absolute Gasteiger partial charge is 0.493 e. The number of nitriles is 1. The second-order valence-electron chi connectivity index (χ2n) is 6.57. The molecule has 0 aliphatic carbocycles. The number of hydrogen-bond acceptors (Lipinski definition) is 6. The molecule has 0 saturated carbocycles. The Labute approximate surface area is 172 Å². The maximum Gasteiger partial charge on any atom is 0.265 e. The molecule has 2 aromatic heterocycles. The molecule has 30 heavy (non-hydrogen) atoms. The van der Waals surface area contributed by atoms with Crippen molar-refractivity contribution in [1.29, 1.82) is 5.26 Å². The minimum absolute atomic E-state index is 0.157. The molecule has 0 amide bonds. The summed E-state index contributed by atoms with van der Waals surface area (Å²) >= 11 is 0. The van der Waals surface area contributed by atoms with Crippen LogP contribution in [0.1, 0.15) is 11.1 Å². The van der Waals surface area contributed by atoms with Gasteiger partial charge in [-0.25, -0.2) is 4.98 Å². The Morgan fingerprint density at radius 1 is 1.13 bits per heavy atom. The number of ether oxygens (including phenoxy) is 1. The summed E-state index contributed by atoms with van der Waals surface area (Å²) < 4.78 is 6.67. The summed E-state index contributed by atoms with van der Waals surface area (Å²) in [4.78, 5) is 17.4. The molecule has 0 bridgehead atoms. The van der Waals surface area contributed by atoms with Gasteiger partial charge in [0.05, 0.1) is 30.9 Å². The van der Waals surface area contributed by atoms with Crippen LogP contribution in [-0.2, 0) is 6.61 Å². The van der Waals surface area contributed by atoms with Crippen molar-refractivity contribution in [3.63, 3.8) is 0 Å². The Balaban J connectivity index is 1.77. The first-order valence-corrected chi connectivity index (χ1v) is 9.21. The Morgan fingerprint density at radius 2 is 1.93 bits per heavy atom. The van der Waals surface area contributed by atoms with Gasteiger partial charge in [0.15, 0.2) is 11.4 Å². The fraction of sp³-hybridized carbons (Fsp3) is 0.0870. The van der Waals surface area contributed by atoms with Gasteiger partial charge in [0.1, 0.15) is 5.82 Å². The molecule has 2 N–H and O–H groups in total. The number of nitrogens with one attached hydrogen (secondary N) is 1. The molecule has 0 aliphatic rings. The van der Waals surface area contributed by atoms with Crippen molar-refractivity contribution in [3.8, 4) is 22.9 Å². The van der Waals surface area contributed by atoms with E-state index >= 15 is 0 Å². The highest BCUT2D eigenvalue weighted by molar-refractivity contribution is 5.72. The summed E-state index contributed by atoms with van der Waals surface area (Å²) in [5.74, 6) is 0.720. The zero-order valence-corrected chi connectivity index (χ0v) is 16.2. The lowest BCUT2D eigenvalue weighted by molar-refractivity contribution is 0.280. The monoisotopic (exact) mass is 398 g/mol. The van der Waals surface area contributed by atoms with Crippen molar-refractivity contribution in [1.82, 2.24) is 9.38 Å². The van der Waals surface area contributed by atoms with E-state index in [9.17, 15) is 9.90 Å². The lowest BCUT2D eigenvalue weighted by atomic mass is 10.0. The van der Waals surface area contributed by atoms with Gasteiger partial charge in [0.2, 0.25) is 0 Å². The number of anilines is 2. The molecule has 0 radical (unpaired) electrons. The number of methoxy groups -OCH3 is 1. The maximum atomic E-state index is 12.8. The molecule has 2 heterocycles. The van der Waals surface area contributed by atoms with Gasteiger partial charge < -0.3 is 15.2 Å². The Hall–Kier alpha value is -4.15. The van der Waals surface area contributed by atoms with E-state index in [-0.39, 0.29) is 16.9 Å². The molecule has 4 aromatic rings. The van der Waals surface area contributed by atoms with E-state index < -0.39 is 6.61 Å². The van der Waals surface area contributed by atoms with Crippen LogP contribution in [-0.4, -0.2) is 21.6 Å². The van der Waals surface area contributed by atoms with Crippen LogP contribution in [0, 0.1) is 11.3 Å². The molecule has 7 heteroatoms. The number of fused-ring (bicyclic) bond motifs is 1. The summed E-state index contributed by atoms with van der Waals surface area (Å²) in [6.07, 6.45) is 1.58. The first-order chi connectivity index (χ1) is 14.6. The quantitative estimate of drug-likeness (QED) is 0.534. The van der Waals surface area contributed by atoms with Crippen molar-refractivity contribution in [2.75, 3.05) is 12.4 Å². The van der Waals surface area contributed by atoms with Gasteiger partial charge in [-0.05, 0) is 47.5 Å². The topological polar surface area (TPSA) is 99.6 Å². The number of pyridine rings is 1. The average Bonchev–Trinajstić information content (AvgIpc) is 2.79. The van der Waals surface area contributed by atoms with Crippen molar-refractivity contribution in [2.45, 2.75) is 6.61 Å². The van der Waals surface area contributed by atoms with Crippen molar-refractivity contribution in [2.24, 2.45) is 0 Å². The van der Waals surface area contributed by atoms with Crippen molar-refractivity contribution in [3.05, 3.63) is 88.3 Å². The molecular formula is C23H18N4O3. The van der Waals surface area contributed by atoms with E-state index in [1.807, 2.05) is 36.4 Å². The highest BCUT2D eigenvalue weighted by Gasteiger charge is 2.15. The Bertz CT molecular complexity index is 1320. The van der Waals surface area contributed by atoms with Gasteiger partial charge in [0.25, 0.3) is 5.56 Å². The number of nitrogens with zero attached hydrogens (tertiary/aromatic N) is 3. The van der Waals surface area contributed by atoms with E-state index in [0.29, 0.717) is 22.6 Å². The molecular weight excluding hydrogens is 380 g/mol. The van der Waals surface area contributed by atoms with Gasteiger partial charge in [-0.2, -0.15) is 5.26 Å². The van der Waals surface area contributed by atoms with Gasteiger partial charge in [0, 0.05) is 11.9 Å². The molecule has 0 aliphatic heterocycles. The van der Waals surface area contributed by atoms with Gasteiger partial charge >= 0.3 is 0 Å². The van der Waals surface area contributed by atoms with Crippen LogP contribution in [0.2, 0.25) is 0 Å². The van der Waals surface area contributed by atoms with Crippen molar-refractivity contribution < 1.29 is 9.84 Å². The number of aliphatic hydroxyl groups excluding tert-OH is 1. The number of aliphatic hydroxyl groups is 1. The Kier molecular flexibility index (Phi) is 5.16. The number of aromatic nitrogens is 2. The van der Waals surface area contributed by atoms with E-state index in [2.05, 4.69) is 16.4 Å².